The van der Waals surface area contributed by atoms with E-state index in [1.54, 1.807) is 14.2 Å². The zero-order valence-corrected chi connectivity index (χ0v) is 15.7. The van der Waals surface area contributed by atoms with Crippen LogP contribution in [-0.4, -0.2) is 38.7 Å². The highest BCUT2D eigenvalue weighted by Crippen LogP contribution is 2.50. The number of carbonyl (C=O) groups is 1. The molecule has 4 rings (SSSR count). The van der Waals surface area contributed by atoms with Crippen LogP contribution in [0.25, 0.3) is 0 Å². The molecule has 0 aliphatic carbocycles. The number of piperidine rings is 1. The maximum atomic E-state index is 13.8. The van der Waals surface area contributed by atoms with E-state index >= 15 is 0 Å². The first-order chi connectivity index (χ1) is 13.2. The average molecular weight is 367 g/mol. The number of para-hydroxylation sites is 2. The Morgan fingerprint density at radius 2 is 1.78 bits per heavy atom. The van der Waals surface area contributed by atoms with Crippen LogP contribution in [0.15, 0.2) is 48.5 Å². The van der Waals surface area contributed by atoms with E-state index in [1.807, 2.05) is 48.5 Å². The van der Waals surface area contributed by atoms with Crippen molar-refractivity contribution < 1.29 is 19.0 Å². The standard InChI is InChI=1S/C22H25NO4/c1-25-17-9-5-3-7-15(17)20(24)19-21(26-2)16-8-4-6-10-18(16)27-22(19)11-13-23-14-12-22/h3-10,19,21,23H,11-14H2,1-2H3. The first-order valence-corrected chi connectivity index (χ1v) is 9.39. The zero-order valence-electron chi connectivity index (χ0n) is 15.7. The van der Waals surface area contributed by atoms with Crippen molar-refractivity contribution >= 4 is 5.78 Å². The van der Waals surface area contributed by atoms with Crippen LogP contribution in [0.2, 0.25) is 0 Å². The van der Waals surface area contributed by atoms with Crippen molar-refractivity contribution in [3.05, 3.63) is 59.7 Å². The highest BCUT2D eigenvalue weighted by Gasteiger charge is 2.54. The van der Waals surface area contributed by atoms with Gasteiger partial charge in [0.05, 0.1) is 24.7 Å². The summed E-state index contributed by atoms with van der Waals surface area (Å²) in [6.07, 6.45) is 1.16. The third-order valence-corrected chi connectivity index (χ3v) is 5.77. The molecular weight excluding hydrogens is 342 g/mol. The van der Waals surface area contributed by atoms with Crippen molar-refractivity contribution in [3.63, 3.8) is 0 Å². The molecule has 1 fully saturated rings. The van der Waals surface area contributed by atoms with Crippen molar-refractivity contribution in [2.24, 2.45) is 5.92 Å². The Kier molecular flexibility index (Phi) is 4.89. The van der Waals surface area contributed by atoms with Crippen LogP contribution in [-0.2, 0) is 4.74 Å². The molecule has 0 amide bonds. The third kappa shape index (κ3) is 3.01. The Bertz CT molecular complexity index is 829. The summed E-state index contributed by atoms with van der Waals surface area (Å²) < 4.78 is 17.9. The van der Waals surface area contributed by atoms with Crippen LogP contribution >= 0.6 is 0 Å². The predicted molar refractivity (Wildman–Crippen MR) is 102 cm³/mol. The molecule has 0 bridgehead atoms. The molecule has 5 nitrogen and oxygen atoms in total. The summed E-state index contributed by atoms with van der Waals surface area (Å²) >= 11 is 0. The monoisotopic (exact) mass is 367 g/mol. The predicted octanol–water partition coefficient (Wildman–Crippen LogP) is 3.40. The molecule has 0 radical (unpaired) electrons. The summed E-state index contributed by atoms with van der Waals surface area (Å²) in [7, 11) is 3.26. The minimum atomic E-state index is -0.585. The number of ketones is 1. The zero-order chi connectivity index (χ0) is 18.9. The number of Topliss-reactive ketones (excluding diaryl/α,β-unsaturated/α-hetero) is 1. The van der Waals surface area contributed by atoms with Crippen LogP contribution in [0.4, 0.5) is 0 Å². The Hall–Kier alpha value is -2.37. The van der Waals surface area contributed by atoms with E-state index in [4.69, 9.17) is 14.2 Å². The van der Waals surface area contributed by atoms with Gasteiger partial charge in [0.1, 0.15) is 17.1 Å². The van der Waals surface area contributed by atoms with Crippen LogP contribution < -0.4 is 14.8 Å². The van der Waals surface area contributed by atoms with Gasteiger partial charge in [0.2, 0.25) is 0 Å². The van der Waals surface area contributed by atoms with Gasteiger partial charge >= 0.3 is 0 Å². The fourth-order valence-electron chi connectivity index (χ4n) is 4.46. The van der Waals surface area contributed by atoms with Gasteiger partial charge in [0.25, 0.3) is 0 Å². The molecule has 2 aliphatic heterocycles. The van der Waals surface area contributed by atoms with Crippen LogP contribution in [0.1, 0.15) is 34.9 Å². The molecule has 2 aromatic rings. The van der Waals surface area contributed by atoms with Crippen molar-refractivity contribution in [1.29, 1.82) is 0 Å². The highest BCUT2D eigenvalue weighted by atomic mass is 16.5. The highest BCUT2D eigenvalue weighted by molar-refractivity contribution is 6.01. The molecule has 2 unspecified atom stereocenters. The van der Waals surface area contributed by atoms with Gasteiger partial charge in [0, 0.05) is 25.5 Å². The SMILES string of the molecule is COc1ccccc1C(=O)C1C(OC)c2ccccc2OC12CCNCC2. The number of ether oxygens (including phenoxy) is 3. The van der Waals surface area contributed by atoms with Crippen molar-refractivity contribution in [2.45, 2.75) is 24.5 Å². The minimum Gasteiger partial charge on any atom is -0.496 e. The fraction of sp³-hybridized carbons (Fsp3) is 0.409. The summed E-state index contributed by atoms with van der Waals surface area (Å²) in [5.74, 6) is 0.974. The van der Waals surface area contributed by atoms with Gasteiger partial charge in [-0.15, -0.1) is 0 Å². The van der Waals surface area contributed by atoms with E-state index in [1.165, 1.54) is 0 Å². The lowest BCUT2D eigenvalue weighted by atomic mass is 9.69. The minimum absolute atomic E-state index is 0.00991. The topological polar surface area (TPSA) is 56.8 Å². The van der Waals surface area contributed by atoms with Crippen molar-refractivity contribution in [2.75, 3.05) is 27.3 Å². The summed E-state index contributed by atoms with van der Waals surface area (Å²) in [5, 5.41) is 3.38. The fourth-order valence-corrected chi connectivity index (χ4v) is 4.46. The van der Waals surface area contributed by atoms with E-state index in [9.17, 15) is 4.79 Å². The molecule has 2 aromatic carbocycles. The van der Waals surface area contributed by atoms with E-state index in [2.05, 4.69) is 5.32 Å². The van der Waals surface area contributed by atoms with Gasteiger partial charge in [-0.3, -0.25) is 4.79 Å². The lowest BCUT2D eigenvalue weighted by Crippen LogP contribution is -2.57. The lowest BCUT2D eigenvalue weighted by molar-refractivity contribution is -0.0881. The molecule has 1 saturated heterocycles. The summed E-state index contributed by atoms with van der Waals surface area (Å²) in [5.41, 5.74) is 0.920. The van der Waals surface area contributed by atoms with Crippen molar-refractivity contribution in [3.8, 4) is 11.5 Å². The summed E-state index contributed by atoms with van der Waals surface area (Å²) in [6, 6.07) is 15.3. The number of methoxy groups -OCH3 is 2. The quantitative estimate of drug-likeness (QED) is 0.840. The summed E-state index contributed by atoms with van der Waals surface area (Å²) in [6.45, 7) is 1.63. The van der Waals surface area contributed by atoms with E-state index in [-0.39, 0.29) is 11.9 Å². The van der Waals surface area contributed by atoms with E-state index in [0.29, 0.717) is 11.3 Å². The molecule has 1 N–H and O–H groups in total. The normalized spacial score (nSPS) is 23.3. The second-order valence-corrected chi connectivity index (χ2v) is 7.15. The van der Waals surface area contributed by atoms with Crippen LogP contribution in [0.3, 0.4) is 0 Å². The molecule has 2 aliphatic rings. The van der Waals surface area contributed by atoms with E-state index < -0.39 is 11.5 Å². The number of fused-ring (bicyclic) bond motifs is 1. The van der Waals surface area contributed by atoms with E-state index in [0.717, 1.165) is 37.2 Å². The average Bonchev–Trinajstić information content (AvgIpc) is 2.72. The Balaban J connectivity index is 1.85. The number of nitrogens with one attached hydrogen (secondary N) is 1. The van der Waals surface area contributed by atoms with Crippen molar-refractivity contribution in [1.82, 2.24) is 5.32 Å². The number of rotatable bonds is 4. The molecule has 2 atom stereocenters. The molecule has 142 valence electrons. The van der Waals surface area contributed by atoms with Gasteiger partial charge in [-0.05, 0) is 31.3 Å². The first kappa shape index (κ1) is 18.0. The van der Waals surface area contributed by atoms with Gasteiger partial charge < -0.3 is 19.5 Å². The third-order valence-electron chi connectivity index (χ3n) is 5.77. The lowest BCUT2D eigenvalue weighted by Gasteiger charge is -2.49. The maximum absolute atomic E-state index is 13.8. The maximum Gasteiger partial charge on any atom is 0.176 e. The molecular formula is C22H25NO4. The summed E-state index contributed by atoms with van der Waals surface area (Å²) in [4.78, 5) is 13.8. The second-order valence-electron chi connectivity index (χ2n) is 7.15. The molecule has 1 spiro atoms. The largest absolute Gasteiger partial charge is 0.496 e. The number of benzene rings is 2. The number of carbonyl (C=O) groups excluding carboxylic acids is 1. The molecule has 0 saturated carbocycles. The molecule has 2 heterocycles. The van der Waals surface area contributed by atoms with Crippen LogP contribution in [0.5, 0.6) is 11.5 Å². The smallest absolute Gasteiger partial charge is 0.176 e. The van der Waals surface area contributed by atoms with Gasteiger partial charge in [0.15, 0.2) is 5.78 Å². The number of hydrogen-bond acceptors (Lipinski definition) is 5. The second kappa shape index (κ2) is 7.33. The Labute approximate surface area is 159 Å². The molecule has 5 heteroatoms. The Morgan fingerprint density at radius 1 is 1.07 bits per heavy atom. The van der Waals surface area contributed by atoms with Gasteiger partial charge in [-0.1, -0.05) is 30.3 Å². The van der Waals surface area contributed by atoms with Crippen LogP contribution in [0, 0.1) is 5.92 Å². The van der Waals surface area contributed by atoms with Gasteiger partial charge in [-0.25, -0.2) is 0 Å². The Morgan fingerprint density at radius 3 is 2.52 bits per heavy atom. The number of hydrogen-bond donors (Lipinski definition) is 1. The van der Waals surface area contributed by atoms with Gasteiger partial charge in [-0.2, -0.15) is 0 Å². The molecule has 27 heavy (non-hydrogen) atoms. The first-order valence-electron chi connectivity index (χ1n) is 9.39. The molecule has 0 aromatic heterocycles.